The zero-order valence-electron chi connectivity index (χ0n) is 43.7. The quantitative estimate of drug-likeness (QED) is 0.0346. The van der Waals surface area contributed by atoms with Gasteiger partial charge in [0.1, 0.15) is 6.61 Å². The lowest BCUT2D eigenvalue weighted by Crippen LogP contribution is -2.30. The van der Waals surface area contributed by atoms with Crippen molar-refractivity contribution in [2.45, 2.75) is 271 Å². The van der Waals surface area contributed by atoms with Crippen LogP contribution >= 0.6 is 0 Å². The summed E-state index contributed by atoms with van der Waals surface area (Å²) in [5.41, 5.74) is 0. The molecule has 380 valence electrons. The van der Waals surface area contributed by atoms with Gasteiger partial charge < -0.3 is 14.2 Å². The van der Waals surface area contributed by atoms with E-state index in [-0.39, 0.29) is 25.2 Å². The van der Waals surface area contributed by atoms with E-state index in [0.717, 1.165) is 83.5 Å². The summed E-state index contributed by atoms with van der Waals surface area (Å²) in [4.78, 5) is 25.5. The Hall–Kier alpha value is -2.92. The predicted octanol–water partition coefficient (Wildman–Crippen LogP) is 19.2. The van der Waals surface area contributed by atoms with E-state index in [4.69, 9.17) is 14.2 Å². The van der Waals surface area contributed by atoms with Gasteiger partial charge >= 0.3 is 11.9 Å². The molecule has 0 heterocycles. The molecule has 0 radical (unpaired) electrons. The lowest BCUT2D eigenvalue weighted by molar-refractivity contribution is -0.163. The topological polar surface area (TPSA) is 61.8 Å². The third kappa shape index (κ3) is 53.7. The lowest BCUT2D eigenvalue weighted by Gasteiger charge is -2.18. The van der Waals surface area contributed by atoms with Gasteiger partial charge in [0, 0.05) is 19.4 Å². The molecule has 0 saturated heterocycles. The zero-order chi connectivity index (χ0) is 47.7. The van der Waals surface area contributed by atoms with E-state index in [1.807, 2.05) is 0 Å². The van der Waals surface area contributed by atoms with Crippen LogP contribution in [0.1, 0.15) is 265 Å². The fourth-order valence-electron chi connectivity index (χ4n) is 7.70. The summed E-state index contributed by atoms with van der Waals surface area (Å²) in [6.07, 6.45) is 74.6. The predicted molar refractivity (Wildman–Crippen MR) is 288 cm³/mol. The van der Waals surface area contributed by atoms with Crippen LogP contribution in [-0.2, 0) is 23.8 Å². The smallest absolute Gasteiger partial charge is 0.306 e. The fourth-order valence-corrected chi connectivity index (χ4v) is 7.70. The Kier molecular flexibility index (Phi) is 53.9. The Bertz CT molecular complexity index is 1220. The fraction of sp³-hybridized carbons (Fsp3) is 0.738. The van der Waals surface area contributed by atoms with Crippen molar-refractivity contribution in [3.63, 3.8) is 0 Å². The second-order valence-corrected chi connectivity index (χ2v) is 18.4. The van der Waals surface area contributed by atoms with E-state index < -0.39 is 6.10 Å². The van der Waals surface area contributed by atoms with Gasteiger partial charge in [0.2, 0.25) is 0 Å². The molecule has 1 atom stereocenters. The molecule has 0 aromatic heterocycles. The summed E-state index contributed by atoms with van der Waals surface area (Å²) >= 11 is 0. The molecule has 5 heteroatoms. The SMILES string of the molecule is CC/C=C\C/C=C\C/C=C\C/C=C\CCCCC(=O)OC(COCCCCCCCC/C=C\CCCCCCCC)COC(=O)CCCCCCCCCCC/C=C\C/C=C\CCCCC. The summed E-state index contributed by atoms with van der Waals surface area (Å²) in [5.74, 6) is -0.449. The van der Waals surface area contributed by atoms with Gasteiger partial charge in [-0.15, -0.1) is 0 Å². The van der Waals surface area contributed by atoms with Crippen LogP contribution in [0.5, 0.6) is 0 Å². The van der Waals surface area contributed by atoms with Gasteiger partial charge in [-0.05, 0) is 116 Å². The van der Waals surface area contributed by atoms with Crippen molar-refractivity contribution in [1.29, 1.82) is 0 Å². The molecule has 0 aromatic rings. The minimum Gasteiger partial charge on any atom is -0.462 e. The molecule has 0 amide bonds. The number of hydrogen-bond donors (Lipinski definition) is 0. The van der Waals surface area contributed by atoms with Crippen LogP contribution in [0.2, 0.25) is 0 Å². The van der Waals surface area contributed by atoms with Gasteiger partial charge in [0.05, 0.1) is 6.61 Å². The van der Waals surface area contributed by atoms with Gasteiger partial charge in [0.15, 0.2) is 6.10 Å². The first kappa shape index (κ1) is 63.1. The van der Waals surface area contributed by atoms with Crippen LogP contribution in [0, 0.1) is 0 Å². The number of allylic oxidation sites excluding steroid dienone is 14. The van der Waals surface area contributed by atoms with Gasteiger partial charge in [-0.1, -0.05) is 221 Å². The monoisotopic (exact) mass is 919 g/mol. The molecule has 0 bridgehead atoms. The Balaban J connectivity index is 4.33. The number of hydrogen-bond acceptors (Lipinski definition) is 5. The first-order chi connectivity index (χ1) is 32.6. The van der Waals surface area contributed by atoms with E-state index in [1.165, 1.54) is 148 Å². The van der Waals surface area contributed by atoms with Crippen molar-refractivity contribution in [1.82, 2.24) is 0 Å². The van der Waals surface area contributed by atoms with Crippen molar-refractivity contribution in [2.24, 2.45) is 0 Å². The van der Waals surface area contributed by atoms with Crippen LogP contribution in [0.4, 0.5) is 0 Å². The minimum absolute atomic E-state index is 0.0614. The van der Waals surface area contributed by atoms with Crippen LogP contribution in [-0.4, -0.2) is 37.9 Å². The normalized spacial score (nSPS) is 12.8. The molecule has 0 saturated carbocycles. The molecule has 66 heavy (non-hydrogen) atoms. The van der Waals surface area contributed by atoms with E-state index in [1.54, 1.807) is 0 Å². The van der Waals surface area contributed by atoms with Gasteiger partial charge in [0.25, 0.3) is 0 Å². The second kappa shape index (κ2) is 56.4. The Labute approximate surface area is 409 Å². The van der Waals surface area contributed by atoms with E-state index in [9.17, 15) is 9.59 Å². The molecular formula is C61H106O5. The Morgan fingerprint density at radius 1 is 0.348 bits per heavy atom. The minimum atomic E-state index is -0.567. The molecular weight excluding hydrogens is 813 g/mol. The Morgan fingerprint density at radius 3 is 1.17 bits per heavy atom. The summed E-state index contributed by atoms with van der Waals surface area (Å²) < 4.78 is 17.4. The molecule has 0 aliphatic carbocycles. The van der Waals surface area contributed by atoms with Gasteiger partial charge in [-0.25, -0.2) is 0 Å². The molecule has 0 spiro atoms. The lowest BCUT2D eigenvalue weighted by atomic mass is 10.1. The summed E-state index contributed by atoms with van der Waals surface area (Å²) in [6.45, 7) is 7.64. The molecule has 0 rings (SSSR count). The highest BCUT2D eigenvalue weighted by atomic mass is 16.6. The van der Waals surface area contributed by atoms with Crippen LogP contribution in [0.25, 0.3) is 0 Å². The standard InChI is InChI=1S/C61H106O5/c1-4-7-10-13-16-19-22-25-28-30-31-32-34-36-39-42-45-48-51-54-60(62)65-58-59(57-64-56-53-50-47-44-41-38-35-29-26-23-20-17-14-11-8-5-2)66-61(63)55-52-49-46-43-40-37-33-27-24-21-18-15-12-9-6-3/h9,12,16,18-19,21,25-29,33,40,43,59H,4-8,10-11,13-15,17,20,22-24,30-32,34-39,41-42,44-58H2,1-3H3/b12-9-,19-16-,21-18-,28-25-,29-26-,33-27-,43-40-. The molecule has 0 N–H and O–H groups in total. The van der Waals surface area contributed by atoms with Crippen molar-refractivity contribution < 1.29 is 23.8 Å². The van der Waals surface area contributed by atoms with Crippen LogP contribution in [0.3, 0.4) is 0 Å². The van der Waals surface area contributed by atoms with Crippen LogP contribution < -0.4 is 0 Å². The Morgan fingerprint density at radius 2 is 0.682 bits per heavy atom. The van der Waals surface area contributed by atoms with Gasteiger partial charge in [-0.3, -0.25) is 9.59 Å². The van der Waals surface area contributed by atoms with E-state index >= 15 is 0 Å². The first-order valence-corrected chi connectivity index (χ1v) is 28.1. The summed E-state index contributed by atoms with van der Waals surface area (Å²) in [6, 6.07) is 0. The number of carbonyl (C=O) groups excluding carboxylic acids is 2. The van der Waals surface area contributed by atoms with Crippen LogP contribution in [0.15, 0.2) is 85.1 Å². The van der Waals surface area contributed by atoms with E-state index in [2.05, 4.69) is 106 Å². The number of carbonyl (C=O) groups is 2. The second-order valence-electron chi connectivity index (χ2n) is 18.4. The number of esters is 2. The highest BCUT2D eigenvalue weighted by Gasteiger charge is 2.17. The highest BCUT2D eigenvalue weighted by molar-refractivity contribution is 5.70. The maximum atomic E-state index is 12.8. The van der Waals surface area contributed by atoms with Crippen molar-refractivity contribution in [3.05, 3.63) is 85.1 Å². The average Bonchev–Trinajstić information content (AvgIpc) is 3.32. The first-order valence-electron chi connectivity index (χ1n) is 28.1. The highest BCUT2D eigenvalue weighted by Crippen LogP contribution is 2.14. The van der Waals surface area contributed by atoms with Crippen molar-refractivity contribution >= 4 is 11.9 Å². The summed E-state index contributed by atoms with van der Waals surface area (Å²) in [5, 5.41) is 0. The molecule has 1 unspecified atom stereocenters. The van der Waals surface area contributed by atoms with E-state index in [0.29, 0.717) is 19.4 Å². The molecule has 0 aromatic carbocycles. The average molecular weight is 920 g/mol. The van der Waals surface area contributed by atoms with Crippen molar-refractivity contribution in [3.8, 4) is 0 Å². The zero-order valence-corrected chi connectivity index (χ0v) is 43.7. The molecule has 0 fully saturated rings. The van der Waals surface area contributed by atoms with Crippen molar-refractivity contribution in [2.75, 3.05) is 19.8 Å². The van der Waals surface area contributed by atoms with Gasteiger partial charge in [-0.2, -0.15) is 0 Å². The largest absolute Gasteiger partial charge is 0.462 e. The molecule has 0 aliphatic heterocycles. The maximum Gasteiger partial charge on any atom is 0.306 e. The summed E-state index contributed by atoms with van der Waals surface area (Å²) in [7, 11) is 0. The third-order valence-corrected chi connectivity index (χ3v) is 11.9. The number of rotatable bonds is 51. The number of ether oxygens (including phenoxy) is 3. The molecule has 0 aliphatic rings. The molecule has 5 nitrogen and oxygen atoms in total. The number of unbranched alkanes of at least 4 members (excludes halogenated alkanes) is 26. The third-order valence-electron chi connectivity index (χ3n) is 11.9. The maximum absolute atomic E-state index is 12.8.